The first-order valence-corrected chi connectivity index (χ1v) is 6.58. The van der Waals surface area contributed by atoms with Crippen molar-refractivity contribution in [3.8, 4) is 11.5 Å². The molecule has 0 aliphatic heterocycles. The molecule has 2 aromatic carbocycles. The molecule has 0 saturated carbocycles. The summed E-state index contributed by atoms with van der Waals surface area (Å²) in [4.78, 5) is 1.73. The molecule has 0 bridgehead atoms. The van der Waals surface area contributed by atoms with E-state index in [1.54, 1.807) is 42.3 Å². The van der Waals surface area contributed by atoms with E-state index in [0.29, 0.717) is 11.3 Å². The van der Waals surface area contributed by atoms with Gasteiger partial charge in [0.25, 0.3) is 0 Å². The van der Waals surface area contributed by atoms with Gasteiger partial charge in [-0.05, 0) is 24.3 Å². The fraction of sp³-hybridized carbons (Fsp3) is 0.250. The lowest BCUT2D eigenvalue weighted by Gasteiger charge is -2.22. The summed E-state index contributed by atoms with van der Waals surface area (Å²) in [7, 11) is 3.12. The molecule has 0 fully saturated rings. The van der Waals surface area contributed by atoms with Crippen molar-refractivity contribution >= 4 is 5.69 Å². The molecular formula is C16H16F3NO2. The van der Waals surface area contributed by atoms with Gasteiger partial charge in [0.1, 0.15) is 5.82 Å². The van der Waals surface area contributed by atoms with Gasteiger partial charge in [-0.2, -0.15) is 8.78 Å². The van der Waals surface area contributed by atoms with Crippen LogP contribution >= 0.6 is 0 Å². The van der Waals surface area contributed by atoms with E-state index in [0.717, 1.165) is 0 Å². The van der Waals surface area contributed by atoms with E-state index in [-0.39, 0.29) is 23.9 Å². The number of hydrogen-bond donors (Lipinski definition) is 0. The number of hydrogen-bond acceptors (Lipinski definition) is 3. The van der Waals surface area contributed by atoms with Gasteiger partial charge in [-0.1, -0.05) is 18.2 Å². The van der Waals surface area contributed by atoms with Crippen LogP contribution in [0, 0.1) is 5.82 Å². The van der Waals surface area contributed by atoms with Gasteiger partial charge < -0.3 is 14.4 Å². The van der Waals surface area contributed by atoms with Gasteiger partial charge >= 0.3 is 6.61 Å². The van der Waals surface area contributed by atoms with Gasteiger partial charge in [0.05, 0.1) is 7.11 Å². The molecule has 0 aromatic heterocycles. The minimum Gasteiger partial charge on any atom is -0.493 e. The zero-order valence-corrected chi connectivity index (χ0v) is 12.2. The molecule has 6 heteroatoms. The Morgan fingerprint density at radius 2 is 1.86 bits per heavy atom. The molecule has 0 aliphatic carbocycles. The first-order chi connectivity index (χ1) is 10.5. The molecule has 3 nitrogen and oxygen atoms in total. The number of anilines is 1. The molecule has 0 radical (unpaired) electrons. The molecule has 0 aliphatic rings. The summed E-state index contributed by atoms with van der Waals surface area (Å²) in [5.41, 5.74) is 1.15. The molecular weight excluding hydrogens is 295 g/mol. The highest BCUT2D eigenvalue weighted by atomic mass is 19.3. The Bertz CT molecular complexity index is 635. The number of alkyl halides is 2. The smallest absolute Gasteiger partial charge is 0.387 e. The summed E-state index contributed by atoms with van der Waals surface area (Å²) in [5, 5.41) is 0. The van der Waals surface area contributed by atoms with Crippen LogP contribution in [0.15, 0.2) is 42.5 Å². The van der Waals surface area contributed by atoms with Crippen LogP contribution in [0.3, 0.4) is 0 Å². The molecule has 0 heterocycles. The maximum Gasteiger partial charge on any atom is 0.387 e. The van der Waals surface area contributed by atoms with Gasteiger partial charge in [-0.3, -0.25) is 0 Å². The van der Waals surface area contributed by atoms with Crippen LogP contribution in [0.5, 0.6) is 11.5 Å². The molecule has 0 amide bonds. The van der Waals surface area contributed by atoms with Crippen molar-refractivity contribution in [2.75, 3.05) is 19.1 Å². The zero-order valence-electron chi connectivity index (χ0n) is 12.2. The standard InChI is InChI=1S/C16H16F3NO2/c1-20(13-7-4-6-12(17)9-13)10-11-5-3-8-14(21-2)15(11)22-16(18)19/h3-9,16H,10H2,1-2H3. The van der Waals surface area contributed by atoms with Crippen molar-refractivity contribution in [2.45, 2.75) is 13.2 Å². The average molecular weight is 311 g/mol. The number of halogens is 3. The van der Waals surface area contributed by atoms with Crippen molar-refractivity contribution in [1.82, 2.24) is 0 Å². The Morgan fingerprint density at radius 3 is 2.50 bits per heavy atom. The Hall–Kier alpha value is -2.37. The van der Waals surface area contributed by atoms with Gasteiger partial charge in [0.2, 0.25) is 0 Å². The number of nitrogens with zero attached hydrogens (tertiary/aromatic N) is 1. The second-order valence-electron chi connectivity index (χ2n) is 4.66. The third-order valence-electron chi connectivity index (χ3n) is 3.14. The molecule has 0 N–H and O–H groups in total. The highest BCUT2D eigenvalue weighted by Gasteiger charge is 2.16. The second kappa shape index (κ2) is 7.06. The summed E-state index contributed by atoms with van der Waals surface area (Å²) < 4.78 is 48.1. The summed E-state index contributed by atoms with van der Waals surface area (Å²) in [5.74, 6) is -0.146. The fourth-order valence-electron chi connectivity index (χ4n) is 2.13. The predicted octanol–water partition coefficient (Wildman–Crippen LogP) is 4.07. The number of para-hydroxylation sites is 1. The van der Waals surface area contributed by atoms with Gasteiger partial charge in [0, 0.05) is 24.8 Å². The first kappa shape index (κ1) is 16.0. The monoisotopic (exact) mass is 311 g/mol. The van der Waals surface area contributed by atoms with Crippen molar-refractivity contribution in [2.24, 2.45) is 0 Å². The average Bonchev–Trinajstić information content (AvgIpc) is 2.48. The van der Waals surface area contributed by atoms with Crippen LogP contribution in [0.4, 0.5) is 18.9 Å². The Kier molecular flexibility index (Phi) is 5.14. The van der Waals surface area contributed by atoms with Crippen LogP contribution in [-0.4, -0.2) is 20.8 Å². The summed E-state index contributed by atoms with van der Waals surface area (Å²) in [6, 6.07) is 10.9. The van der Waals surface area contributed by atoms with Crippen molar-refractivity contribution < 1.29 is 22.6 Å². The van der Waals surface area contributed by atoms with Gasteiger partial charge in [-0.25, -0.2) is 4.39 Å². The number of benzene rings is 2. The number of rotatable bonds is 6. The van der Waals surface area contributed by atoms with E-state index >= 15 is 0 Å². The minimum absolute atomic E-state index is 0.0109. The minimum atomic E-state index is -2.95. The molecule has 2 aromatic rings. The number of ether oxygens (including phenoxy) is 2. The topological polar surface area (TPSA) is 21.7 Å². The van der Waals surface area contributed by atoms with Gasteiger partial charge in [-0.15, -0.1) is 0 Å². The van der Waals surface area contributed by atoms with Crippen LogP contribution in [-0.2, 0) is 6.54 Å². The van der Waals surface area contributed by atoms with Crippen LogP contribution < -0.4 is 14.4 Å². The highest BCUT2D eigenvalue weighted by molar-refractivity contribution is 5.51. The molecule has 118 valence electrons. The van der Waals surface area contributed by atoms with Crippen LogP contribution in [0.2, 0.25) is 0 Å². The largest absolute Gasteiger partial charge is 0.493 e. The molecule has 0 spiro atoms. The number of methoxy groups -OCH3 is 1. The normalized spacial score (nSPS) is 10.6. The molecule has 0 atom stereocenters. The van der Waals surface area contributed by atoms with E-state index < -0.39 is 6.61 Å². The molecule has 2 rings (SSSR count). The predicted molar refractivity (Wildman–Crippen MR) is 78.1 cm³/mol. The third-order valence-corrected chi connectivity index (χ3v) is 3.14. The molecule has 22 heavy (non-hydrogen) atoms. The lowest BCUT2D eigenvalue weighted by Crippen LogP contribution is -2.18. The summed E-state index contributed by atoms with van der Waals surface area (Å²) in [6.45, 7) is -2.68. The van der Waals surface area contributed by atoms with Crippen LogP contribution in [0.25, 0.3) is 0 Å². The quantitative estimate of drug-likeness (QED) is 0.802. The molecule has 0 unspecified atom stereocenters. The SMILES string of the molecule is COc1cccc(CN(C)c2cccc(F)c2)c1OC(F)F. The second-order valence-corrected chi connectivity index (χ2v) is 4.66. The first-order valence-electron chi connectivity index (χ1n) is 6.58. The Balaban J connectivity index is 2.28. The zero-order chi connectivity index (χ0) is 16.1. The van der Waals surface area contributed by atoms with E-state index in [1.807, 2.05) is 0 Å². The summed E-state index contributed by atoms with van der Waals surface area (Å²) >= 11 is 0. The van der Waals surface area contributed by atoms with Crippen molar-refractivity contribution in [1.29, 1.82) is 0 Å². The van der Waals surface area contributed by atoms with Gasteiger partial charge in [0.15, 0.2) is 11.5 Å². The Labute approximate surface area is 126 Å². The highest BCUT2D eigenvalue weighted by Crippen LogP contribution is 2.33. The fourth-order valence-corrected chi connectivity index (χ4v) is 2.13. The van der Waals surface area contributed by atoms with E-state index in [2.05, 4.69) is 4.74 Å². The maximum absolute atomic E-state index is 13.3. The van der Waals surface area contributed by atoms with Crippen molar-refractivity contribution in [3.63, 3.8) is 0 Å². The molecule has 0 saturated heterocycles. The van der Waals surface area contributed by atoms with Crippen LogP contribution in [0.1, 0.15) is 5.56 Å². The maximum atomic E-state index is 13.3. The van der Waals surface area contributed by atoms with Crippen molar-refractivity contribution in [3.05, 3.63) is 53.8 Å². The van der Waals surface area contributed by atoms with E-state index in [9.17, 15) is 13.2 Å². The Morgan fingerprint density at radius 1 is 1.14 bits per heavy atom. The lowest BCUT2D eigenvalue weighted by atomic mass is 10.1. The lowest BCUT2D eigenvalue weighted by molar-refractivity contribution is -0.0518. The summed E-state index contributed by atoms with van der Waals surface area (Å²) in [6.07, 6.45) is 0. The van der Waals surface area contributed by atoms with E-state index in [4.69, 9.17) is 4.74 Å². The van der Waals surface area contributed by atoms with E-state index in [1.165, 1.54) is 19.2 Å². The third kappa shape index (κ3) is 3.84.